The second-order valence-electron chi connectivity index (χ2n) is 6.04. The van der Waals surface area contributed by atoms with Gasteiger partial charge in [0.15, 0.2) is 0 Å². The van der Waals surface area contributed by atoms with Crippen LogP contribution in [0, 0.1) is 20.8 Å². The number of nitrogens with one attached hydrogen (secondary N) is 1. The van der Waals surface area contributed by atoms with Crippen molar-refractivity contribution in [2.24, 2.45) is 5.73 Å². The molecule has 0 saturated carbocycles. The SMILES string of the molecule is COc1cc(C)c(NCCCC(C)(C)N)c(C)c1C. The van der Waals surface area contributed by atoms with Gasteiger partial charge in [-0.15, -0.1) is 0 Å². The Morgan fingerprint density at radius 1 is 1.21 bits per heavy atom. The van der Waals surface area contributed by atoms with Crippen molar-refractivity contribution in [3.05, 3.63) is 22.8 Å². The Bertz CT molecular complexity index is 433. The monoisotopic (exact) mass is 264 g/mol. The predicted molar refractivity (Wildman–Crippen MR) is 83.2 cm³/mol. The number of rotatable bonds is 6. The molecule has 0 unspecified atom stereocenters. The first kappa shape index (κ1) is 15.8. The van der Waals surface area contributed by atoms with E-state index in [1.807, 2.05) is 0 Å². The number of anilines is 1. The van der Waals surface area contributed by atoms with Crippen LogP contribution in [0.5, 0.6) is 5.75 Å². The largest absolute Gasteiger partial charge is 0.496 e. The van der Waals surface area contributed by atoms with E-state index in [0.717, 1.165) is 25.1 Å². The van der Waals surface area contributed by atoms with Crippen LogP contribution in [0.25, 0.3) is 0 Å². The highest BCUT2D eigenvalue weighted by Crippen LogP contribution is 2.31. The van der Waals surface area contributed by atoms with Gasteiger partial charge >= 0.3 is 0 Å². The third-order valence-electron chi connectivity index (χ3n) is 3.57. The van der Waals surface area contributed by atoms with Crippen molar-refractivity contribution in [3.8, 4) is 5.75 Å². The van der Waals surface area contributed by atoms with Gasteiger partial charge in [-0.3, -0.25) is 0 Å². The molecule has 1 rings (SSSR count). The maximum atomic E-state index is 5.99. The van der Waals surface area contributed by atoms with Gasteiger partial charge in [0.05, 0.1) is 7.11 Å². The molecule has 0 heterocycles. The average molecular weight is 264 g/mol. The Hall–Kier alpha value is -1.22. The summed E-state index contributed by atoms with van der Waals surface area (Å²) in [6.45, 7) is 11.4. The Balaban J connectivity index is 2.72. The Kier molecular flexibility index (Phi) is 5.24. The fourth-order valence-corrected chi connectivity index (χ4v) is 2.29. The number of nitrogens with two attached hydrogens (primary N) is 1. The van der Waals surface area contributed by atoms with Crippen molar-refractivity contribution in [1.29, 1.82) is 0 Å². The number of hydrogen-bond donors (Lipinski definition) is 2. The van der Waals surface area contributed by atoms with Gasteiger partial charge in [0.1, 0.15) is 5.75 Å². The van der Waals surface area contributed by atoms with E-state index in [1.54, 1.807) is 7.11 Å². The lowest BCUT2D eigenvalue weighted by Crippen LogP contribution is -2.32. The van der Waals surface area contributed by atoms with E-state index in [9.17, 15) is 0 Å². The minimum absolute atomic E-state index is 0.0818. The van der Waals surface area contributed by atoms with Gasteiger partial charge in [0.2, 0.25) is 0 Å². The molecule has 0 aliphatic heterocycles. The normalized spacial score (nSPS) is 11.5. The maximum Gasteiger partial charge on any atom is 0.122 e. The lowest BCUT2D eigenvalue weighted by molar-refractivity contribution is 0.411. The zero-order valence-corrected chi connectivity index (χ0v) is 13.2. The fraction of sp³-hybridized carbons (Fsp3) is 0.625. The second-order valence-corrected chi connectivity index (χ2v) is 6.04. The summed E-state index contributed by atoms with van der Waals surface area (Å²) in [6, 6.07) is 2.09. The van der Waals surface area contributed by atoms with Gasteiger partial charge in [-0.2, -0.15) is 0 Å². The first-order chi connectivity index (χ1) is 8.76. The van der Waals surface area contributed by atoms with E-state index in [-0.39, 0.29) is 5.54 Å². The van der Waals surface area contributed by atoms with Gasteiger partial charge in [0, 0.05) is 17.8 Å². The van der Waals surface area contributed by atoms with Crippen molar-refractivity contribution < 1.29 is 4.74 Å². The molecule has 0 atom stereocenters. The number of aryl methyl sites for hydroxylation is 1. The Morgan fingerprint density at radius 2 is 1.84 bits per heavy atom. The number of methoxy groups -OCH3 is 1. The van der Waals surface area contributed by atoms with Crippen LogP contribution in [0.4, 0.5) is 5.69 Å². The minimum Gasteiger partial charge on any atom is -0.496 e. The van der Waals surface area contributed by atoms with Crippen LogP contribution in [0.3, 0.4) is 0 Å². The zero-order chi connectivity index (χ0) is 14.6. The molecule has 0 amide bonds. The lowest BCUT2D eigenvalue weighted by Gasteiger charge is -2.20. The average Bonchev–Trinajstić information content (AvgIpc) is 2.31. The second kappa shape index (κ2) is 6.29. The Morgan fingerprint density at radius 3 is 2.37 bits per heavy atom. The van der Waals surface area contributed by atoms with Crippen LogP contribution in [0.15, 0.2) is 6.07 Å². The van der Waals surface area contributed by atoms with Crippen LogP contribution < -0.4 is 15.8 Å². The highest BCUT2D eigenvalue weighted by atomic mass is 16.5. The third-order valence-corrected chi connectivity index (χ3v) is 3.57. The molecule has 0 aliphatic rings. The van der Waals surface area contributed by atoms with Gasteiger partial charge < -0.3 is 15.8 Å². The Labute approximate surface area is 117 Å². The molecule has 0 fully saturated rings. The van der Waals surface area contributed by atoms with Crippen LogP contribution >= 0.6 is 0 Å². The highest BCUT2D eigenvalue weighted by molar-refractivity contribution is 5.63. The molecule has 3 N–H and O–H groups in total. The molecule has 0 saturated heterocycles. The van der Waals surface area contributed by atoms with E-state index >= 15 is 0 Å². The minimum atomic E-state index is -0.0818. The molecular formula is C16H28N2O. The molecule has 0 radical (unpaired) electrons. The maximum absolute atomic E-state index is 5.99. The number of hydrogen-bond acceptors (Lipinski definition) is 3. The van der Waals surface area contributed by atoms with E-state index in [0.29, 0.717) is 0 Å². The summed E-state index contributed by atoms with van der Waals surface area (Å²) < 4.78 is 5.39. The molecule has 3 nitrogen and oxygen atoms in total. The molecule has 19 heavy (non-hydrogen) atoms. The van der Waals surface area contributed by atoms with E-state index in [4.69, 9.17) is 10.5 Å². The van der Waals surface area contributed by atoms with Crippen molar-refractivity contribution in [3.63, 3.8) is 0 Å². The smallest absolute Gasteiger partial charge is 0.122 e. The fourth-order valence-electron chi connectivity index (χ4n) is 2.29. The summed E-state index contributed by atoms with van der Waals surface area (Å²) in [7, 11) is 1.72. The van der Waals surface area contributed by atoms with Crippen LogP contribution in [0.2, 0.25) is 0 Å². The summed E-state index contributed by atoms with van der Waals surface area (Å²) in [5.74, 6) is 0.962. The number of ether oxygens (including phenoxy) is 1. The third kappa shape index (κ3) is 4.43. The molecule has 1 aromatic rings. The van der Waals surface area contributed by atoms with Crippen molar-refractivity contribution in [2.45, 2.75) is 53.0 Å². The van der Waals surface area contributed by atoms with E-state index in [1.165, 1.54) is 22.4 Å². The first-order valence-corrected chi connectivity index (χ1v) is 6.94. The standard InChI is InChI=1S/C16H28N2O/c1-11-10-14(19-6)12(2)13(3)15(11)18-9-7-8-16(4,5)17/h10,18H,7-9,17H2,1-6H3. The quantitative estimate of drug-likeness (QED) is 0.772. The van der Waals surface area contributed by atoms with Crippen molar-refractivity contribution in [2.75, 3.05) is 19.0 Å². The zero-order valence-electron chi connectivity index (χ0n) is 13.2. The molecule has 0 bridgehead atoms. The van der Waals surface area contributed by atoms with Gasteiger partial charge in [0.25, 0.3) is 0 Å². The van der Waals surface area contributed by atoms with Gasteiger partial charge in [-0.05, 0) is 70.2 Å². The van der Waals surface area contributed by atoms with Crippen LogP contribution in [-0.4, -0.2) is 19.2 Å². The van der Waals surface area contributed by atoms with Crippen LogP contribution in [-0.2, 0) is 0 Å². The van der Waals surface area contributed by atoms with Gasteiger partial charge in [-0.1, -0.05) is 0 Å². The van der Waals surface area contributed by atoms with Gasteiger partial charge in [-0.25, -0.2) is 0 Å². The number of benzene rings is 1. The molecule has 3 heteroatoms. The van der Waals surface area contributed by atoms with E-state index in [2.05, 4.69) is 46.0 Å². The lowest BCUT2D eigenvalue weighted by atomic mass is 9.99. The van der Waals surface area contributed by atoms with E-state index < -0.39 is 0 Å². The highest BCUT2D eigenvalue weighted by Gasteiger charge is 2.12. The van der Waals surface area contributed by atoms with Crippen LogP contribution in [0.1, 0.15) is 43.4 Å². The summed E-state index contributed by atoms with van der Waals surface area (Å²) in [6.07, 6.45) is 2.10. The van der Waals surface area contributed by atoms with Crippen molar-refractivity contribution in [1.82, 2.24) is 0 Å². The summed E-state index contributed by atoms with van der Waals surface area (Å²) in [5, 5.41) is 3.53. The molecular weight excluding hydrogens is 236 g/mol. The summed E-state index contributed by atoms with van der Waals surface area (Å²) in [5.41, 5.74) is 10.8. The summed E-state index contributed by atoms with van der Waals surface area (Å²) >= 11 is 0. The topological polar surface area (TPSA) is 47.3 Å². The molecule has 1 aromatic carbocycles. The predicted octanol–water partition coefficient (Wildman–Crippen LogP) is 3.55. The molecule has 0 aromatic heterocycles. The first-order valence-electron chi connectivity index (χ1n) is 6.94. The molecule has 108 valence electrons. The molecule has 0 spiro atoms. The molecule has 0 aliphatic carbocycles. The summed E-state index contributed by atoms with van der Waals surface area (Å²) in [4.78, 5) is 0. The van der Waals surface area contributed by atoms with Crippen molar-refractivity contribution >= 4 is 5.69 Å².